The summed E-state index contributed by atoms with van der Waals surface area (Å²) < 4.78 is 21.7. The SMILES string of the molecule is CCn1nc(C)cc1C(=O)N(CC1CCN(Cc2ccccc2F)CC1)C[C@H]1CCCO1. The van der Waals surface area contributed by atoms with Crippen LogP contribution in [0, 0.1) is 18.7 Å². The lowest BCUT2D eigenvalue weighted by Gasteiger charge is -2.35. The standard InChI is InChI=1S/C25H35FN4O2/c1-3-30-24(15-19(2)27-30)25(31)29(18-22-8-6-14-32-22)16-20-10-12-28(13-11-20)17-21-7-4-5-9-23(21)26/h4-5,7,9,15,20,22H,3,6,8,10-14,16-18H2,1-2H3/t22-/m1/s1. The Morgan fingerprint density at radius 2 is 2.00 bits per heavy atom. The minimum Gasteiger partial charge on any atom is -0.376 e. The second-order valence-electron chi connectivity index (χ2n) is 9.14. The molecule has 32 heavy (non-hydrogen) atoms. The van der Waals surface area contributed by atoms with Crippen molar-refractivity contribution in [3.8, 4) is 0 Å². The maximum absolute atomic E-state index is 14.0. The molecule has 2 saturated heterocycles. The first-order valence-corrected chi connectivity index (χ1v) is 11.9. The highest BCUT2D eigenvalue weighted by Crippen LogP contribution is 2.23. The maximum Gasteiger partial charge on any atom is 0.272 e. The van der Waals surface area contributed by atoms with E-state index in [1.54, 1.807) is 10.7 Å². The Kier molecular flexibility index (Phi) is 7.58. The molecule has 1 atom stereocenters. The number of halogens is 1. The van der Waals surface area contributed by atoms with Crippen molar-refractivity contribution in [2.45, 2.75) is 58.7 Å². The van der Waals surface area contributed by atoms with Gasteiger partial charge in [0.25, 0.3) is 5.91 Å². The molecule has 0 aliphatic carbocycles. The molecule has 0 radical (unpaired) electrons. The molecule has 1 aromatic carbocycles. The molecule has 0 N–H and O–H groups in total. The molecule has 2 aliphatic rings. The predicted octanol–water partition coefficient (Wildman–Crippen LogP) is 3.88. The van der Waals surface area contributed by atoms with Crippen LogP contribution in [0.1, 0.15) is 54.4 Å². The van der Waals surface area contributed by atoms with Gasteiger partial charge in [0.05, 0.1) is 11.8 Å². The Labute approximate surface area is 190 Å². The zero-order chi connectivity index (χ0) is 22.5. The molecule has 0 unspecified atom stereocenters. The fourth-order valence-electron chi connectivity index (χ4n) is 4.90. The van der Waals surface area contributed by atoms with Crippen molar-refractivity contribution < 1.29 is 13.9 Å². The number of carbonyl (C=O) groups excluding carboxylic acids is 1. The first-order chi connectivity index (χ1) is 15.5. The van der Waals surface area contributed by atoms with E-state index in [1.165, 1.54) is 6.07 Å². The lowest BCUT2D eigenvalue weighted by atomic mass is 9.95. The normalized spacial score (nSPS) is 20.0. The van der Waals surface area contributed by atoms with E-state index >= 15 is 0 Å². The molecule has 174 valence electrons. The summed E-state index contributed by atoms with van der Waals surface area (Å²) in [6.45, 7) is 9.27. The zero-order valence-electron chi connectivity index (χ0n) is 19.3. The molecule has 4 rings (SSSR count). The summed E-state index contributed by atoms with van der Waals surface area (Å²) in [5.41, 5.74) is 2.29. The molecule has 6 nitrogen and oxygen atoms in total. The Balaban J connectivity index is 1.39. The molecule has 3 heterocycles. The molecule has 7 heteroatoms. The van der Waals surface area contributed by atoms with Crippen molar-refractivity contribution in [2.75, 3.05) is 32.8 Å². The van der Waals surface area contributed by atoms with Gasteiger partial charge in [0.2, 0.25) is 0 Å². The van der Waals surface area contributed by atoms with Gasteiger partial charge in [-0.1, -0.05) is 18.2 Å². The Morgan fingerprint density at radius 1 is 1.22 bits per heavy atom. The molecule has 2 fully saturated rings. The number of likely N-dealkylation sites (tertiary alicyclic amines) is 1. The van der Waals surface area contributed by atoms with Crippen LogP contribution in [-0.4, -0.2) is 64.4 Å². The van der Waals surface area contributed by atoms with E-state index in [9.17, 15) is 9.18 Å². The van der Waals surface area contributed by atoms with Gasteiger partial charge in [0.15, 0.2) is 0 Å². The van der Waals surface area contributed by atoms with E-state index in [1.807, 2.05) is 36.9 Å². The molecular formula is C25H35FN4O2. The van der Waals surface area contributed by atoms with Crippen LogP contribution in [0.25, 0.3) is 0 Å². The van der Waals surface area contributed by atoms with Gasteiger partial charge in [0, 0.05) is 38.3 Å². The summed E-state index contributed by atoms with van der Waals surface area (Å²) in [5.74, 6) is 0.360. The van der Waals surface area contributed by atoms with Crippen LogP contribution in [0.15, 0.2) is 30.3 Å². The monoisotopic (exact) mass is 442 g/mol. The number of hydrogen-bond acceptors (Lipinski definition) is 4. The quantitative estimate of drug-likeness (QED) is 0.623. The van der Waals surface area contributed by atoms with Crippen LogP contribution in [-0.2, 0) is 17.8 Å². The molecular weight excluding hydrogens is 407 g/mol. The highest BCUT2D eigenvalue weighted by Gasteiger charge is 2.29. The molecule has 2 aromatic rings. The van der Waals surface area contributed by atoms with E-state index in [0.717, 1.165) is 63.2 Å². The number of piperidine rings is 1. The molecule has 1 amide bonds. The van der Waals surface area contributed by atoms with Crippen molar-refractivity contribution in [1.29, 1.82) is 0 Å². The second kappa shape index (κ2) is 10.6. The van der Waals surface area contributed by atoms with Crippen molar-refractivity contribution in [1.82, 2.24) is 19.6 Å². The van der Waals surface area contributed by atoms with Crippen molar-refractivity contribution in [2.24, 2.45) is 5.92 Å². The number of amides is 1. The highest BCUT2D eigenvalue weighted by atomic mass is 19.1. The number of aromatic nitrogens is 2. The number of carbonyl (C=O) groups is 1. The van der Waals surface area contributed by atoms with Crippen LogP contribution < -0.4 is 0 Å². The third-order valence-electron chi connectivity index (χ3n) is 6.69. The zero-order valence-corrected chi connectivity index (χ0v) is 19.3. The highest BCUT2D eigenvalue weighted by molar-refractivity contribution is 5.92. The fraction of sp³-hybridized carbons (Fsp3) is 0.600. The van der Waals surface area contributed by atoms with Crippen LogP contribution in [0.5, 0.6) is 0 Å². The van der Waals surface area contributed by atoms with Gasteiger partial charge >= 0.3 is 0 Å². The number of hydrogen-bond donors (Lipinski definition) is 0. The van der Waals surface area contributed by atoms with Crippen LogP contribution >= 0.6 is 0 Å². The average molecular weight is 443 g/mol. The van der Waals surface area contributed by atoms with Gasteiger partial charge in [-0.05, 0) is 70.7 Å². The van der Waals surface area contributed by atoms with Crippen LogP contribution in [0.2, 0.25) is 0 Å². The number of rotatable bonds is 8. The first-order valence-electron chi connectivity index (χ1n) is 11.9. The topological polar surface area (TPSA) is 50.6 Å². The lowest BCUT2D eigenvalue weighted by Crippen LogP contribution is -2.44. The lowest BCUT2D eigenvalue weighted by molar-refractivity contribution is 0.0435. The third-order valence-corrected chi connectivity index (χ3v) is 6.69. The summed E-state index contributed by atoms with van der Waals surface area (Å²) in [6, 6.07) is 8.91. The largest absolute Gasteiger partial charge is 0.376 e. The van der Waals surface area contributed by atoms with Crippen molar-refractivity contribution in [3.63, 3.8) is 0 Å². The Bertz CT molecular complexity index is 901. The molecule has 2 aliphatic heterocycles. The van der Waals surface area contributed by atoms with Crippen molar-refractivity contribution >= 4 is 5.91 Å². The van der Waals surface area contributed by atoms with Gasteiger partial charge in [0.1, 0.15) is 11.5 Å². The fourth-order valence-corrected chi connectivity index (χ4v) is 4.90. The van der Waals surface area contributed by atoms with E-state index in [4.69, 9.17) is 4.74 Å². The van der Waals surface area contributed by atoms with Crippen LogP contribution in [0.3, 0.4) is 0 Å². The van der Waals surface area contributed by atoms with E-state index < -0.39 is 0 Å². The minimum atomic E-state index is -0.134. The smallest absolute Gasteiger partial charge is 0.272 e. The van der Waals surface area contributed by atoms with Gasteiger partial charge in [-0.15, -0.1) is 0 Å². The van der Waals surface area contributed by atoms with Gasteiger partial charge in [-0.3, -0.25) is 14.4 Å². The predicted molar refractivity (Wildman–Crippen MR) is 122 cm³/mol. The number of nitrogens with zero attached hydrogens (tertiary/aromatic N) is 4. The summed E-state index contributed by atoms with van der Waals surface area (Å²) in [5, 5.41) is 4.47. The summed E-state index contributed by atoms with van der Waals surface area (Å²) >= 11 is 0. The molecule has 0 bridgehead atoms. The Morgan fingerprint density at radius 3 is 2.69 bits per heavy atom. The maximum atomic E-state index is 14.0. The number of ether oxygens (including phenoxy) is 1. The number of benzene rings is 1. The molecule has 1 aromatic heterocycles. The van der Waals surface area contributed by atoms with Crippen molar-refractivity contribution in [3.05, 3.63) is 53.1 Å². The van der Waals surface area contributed by atoms with Gasteiger partial charge in [-0.25, -0.2) is 4.39 Å². The molecule has 0 saturated carbocycles. The number of aryl methyl sites for hydroxylation is 2. The summed E-state index contributed by atoms with van der Waals surface area (Å²) in [7, 11) is 0. The first kappa shape index (κ1) is 22.9. The van der Waals surface area contributed by atoms with Gasteiger partial charge in [-0.2, -0.15) is 5.10 Å². The second-order valence-corrected chi connectivity index (χ2v) is 9.14. The summed E-state index contributed by atoms with van der Waals surface area (Å²) in [4.78, 5) is 17.8. The van der Waals surface area contributed by atoms with E-state index in [2.05, 4.69) is 10.00 Å². The van der Waals surface area contributed by atoms with E-state index in [0.29, 0.717) is 31.2 Å². The molecule has 0 spiro atoms. The van der Waals surface area contributed by atoms with Gasteiger partial charge < -0.3 is 9.64 Å². The minimum absolute atomic E-state index is 0.0525. The summed E-state index contributed by atoms with van der Waals surface area (Å²) in [6.07, 6.45) is 4.22. The van der Waals surface area contributed by atoms with Crippen LogP contribution in [0.4, 0.5) is 4.39 Å². The average Bonchev–Trinajstić information content (AvgIpc) is 3.45. The van der Waals surface area contributed by atoms with E-state index in [-0.39, 0.29) is 17.8 Å². The Hall–Kier alpha value is -2.25. The third kappa shape index (κ3) is 5.56.